The largest absolute Gasteiger partial charge is 0.383 e. The number of nitrogens with zero attached hydrogens (tertiary/aromatic N) is 2. The molecule has 1 heterocycles. The van der Waals surface area contributed by atoms with Gasteiger partial charge in [-0.3, -0.25) is 0 Å². The minimum absolute atomic E-state index is 0.251. The molecule has 0 saturated heterocycles. The summed E-state index contributed by atoms with van der Waals surface area (Å²) < 4.78 is 15.2. The fourth-order valence-corrected chi connectivity index (χ4v) is 2.34. The highest BCUT2D eigenvalue weighted by molar-refractivity contribution is 5.73. The van der Waals surface area contributed by atoms with Crippen LogP contribution in [0.2, 0.25) is 0 Å². The Labute approximate surface area is 118 Å². The number of imidazole rings is 1. The van der Waals surface area contributed by atoms with Crippen LogP contribution in [0.5, 0.6) is 0 Å². The van der Waals surface area contributed by atoms with Crippen molar-refractivity contribution in [3.05, 3.63) is 48.1 Å². The van der Waals surface area contributed by atoms with Gasteiger partial charge in [-0.15, -0.1) is 6.58 Å². The lowest BCUT2D eigenvalue weighted by molar-refractivity contribution is 0.627. The zero-order valence-electron chi connectivity index (χ0n) is 12.2. The molecule has 0 bridgehead atoms. The molecule has 0 saturated carbocycles. The molecule has 0 atom stereocenters. The molecule has 0 spiro atoms. The van der Waals surface area contributed by atoms with Gasteiger partial charge in [-0.1, -0.05) is 19.9 Å². The highest BCUT2D eigenvalue weighted by atomic mass is 19.1. The fraction of sp³-hybridized carbons (Fsp3) is 0.312. The number of halogens is 1. The maximum absolute atomic E-state index is 13.2. The fourth-order valence-electron chi connectivity index (χ4n) is 2.34. The van der Waals surface area contributed by atoms with Crippen LogP contribution in [0.3, 0.4) is 0 Å². The smallest absolute Gasteiger partial charge is 0.132 e. The molecule has 1 aromatic heterocycles. The number of nitrogen functional groups attached to an aromatic ring is 1. The third-order valence-electron chi connectivity index (χ3n) is 3.31. The summed E-state index contributed by atoms with van der Waals surface area (Å²) in [5.41, 5.74) is 8.64. The third kappa shape index (κ3) is 2.46. The predicted molar refractivity (Wildman–Crippen MR) is 81.1 cm³/mol. The van der Waals surface area contributed by atoms with Crippen molar-refractivity contribution in [2.75, 3.05) is 5.73 Å². The molecule has 0 aliphatic carbocycles. The number of aryl methyl sites for hydroxylation is 1. The van der Waals surface area contributed by atoms with Gasteiger partial charge in [0.1, 0.15) is 23.2 Å². The Bertz CT molecular complexity index is 641. The molecule has 0 amide bonds. The van der Waals surface area contributed by atoms with E-state index >= 15 is 0 Å². The van der Waals surface area contributed by atoms with Gasteiger partial charge < -0.3 is 10.3 Å². The second kappa shape index (κ2) is 5.49. The summed E-state index contributed by atoms with van der Waals surface area (Å²) in [4.78, 5) is 4.66. The van der Waals surface area contributed by atoms with Crippen LogP contribution >= 0.6 is 0 Å². The van der Waals surface area contributed by atoms with Crippen molar-refractivity contribution in [3.63, 3.8) is 0 Å². The molecule has 2 aromatic rings. The summed E-state index contributed by atoms with van der Waals surface area (Å²) >= 11 is 0. The Hall–Kier alpha value is -2.10. The Morgan fingerprint density at radius 2 is 2.15 bits per heavy atom. The quantitative estimate of drug-likeness (QED) is 0.859. The molecule has 2 N–H and O–H groups in total. The zero-order chi connectivity index (χ0) is 14.9. The normalized spacial score (nSPS) is 11.1. The minimum Gasteiger partial charge on any atom is -0.383 e. The van der Waals surface area contributed by atoms with E-state index in [1.165, 1.54) is 12.1 Å². The zero-order valence-corrected chi connectivity index (χ0v) is 12.2. The van der Waals surface area contributed by atoms with Gasteiger partial charge in [-0.25, -0.2) is 9.37 Å². The van der Waals surface area contributed by atoms with Gasteiger partial charge in [0, 0.05) is 18.0 Å². The molecule has 106 valence electrons. The predicted octanol–water partition coefficient (Wildman–Crippen LogP) is 3.89. The molecule has 3 nitrogen and oxygen atoms in total. The number of nitrogens with two attached hydrogens (primary N) is 1. The average Bonchev–Trinajstić information content (AvgIpc) is 2.68. The van der Waals surface area contributed by atoms with Crippen molar-refractivity contribution < 1.29 is 4.39 Å². The van der Waals surface area contributed by atoms with Crippen LogP contribution in [-0.2, 0) is 6.54 Å². The first-order valence-corrected chi connectivity index (χ1v) is 6.69. The number of rotatable bonds is 4. The van der Waals surface area contributed by atoms with Crippen LogP contribution in [0.25, 0.3) is 11.3 Å². The third-order valence-corrected chi connectivity index (χ3v) is 3.31. The highest BCUT2D eigenvalue weighted by Crippen LogP contribution is 2.31. The molecular formula is C16H20FN3. The van der Waals surface area contributed by atoms with E-state index in [-0.39, 0.29) is 11.7 Å². The first kappa shape index (κ1) is 14.3. The van der Waals surface area contributed by atoms with Crippen molar-refractivity contribution >= 4 is 5.82 Å². The maximum Gasteiger partial charge on any atom is 0.132 e. The minimum atomic E-state index is -0.251. The van der Waals surface area contributed by atoms with Gasteiger partial charge >= 0.3 is 0 Å². The average molecular weight is 273 g/mol. The van der Waals surface area contributed by atoms with Crippen LogP contribution in [0, 0.1) is 12.7 Å². The van der Waals surface area contributed by atoms with Crippen molar-refractivity contribution in [3.8, 4) is 11.3 Å². The first-order chi connectivity index (χ1) is 9.45. The molecule has 20 heavy (non-hydrogen) atoms. The van der Waals surface area contributed by atoms with E-state index in [1.54, 1.807) is 12.1 Å². The maximum atomic E-state index is 13.2. The van der Waals surface area contributed by atoms with Crippen molar-refractivity contribution in [1.82, 2.24) is 9.55 Å². The highest BCUT2D eigenvalue weighted by Gasteiger charge is 2.18. The van der Waals surface area contributed by atoms with Crippen molar-refractivity contribution in [2.24, 2.45) is 0 Å². The molecule has 1 aromatic carbocycles. The van der Waals surface area contributed by atoms with E-state index in [0.29, 0.717) is 18.1 Å². The molecule has 0 radical (unpaired) electrons. The lowest BCUT2D eigenvalue weighted by Gasteiger charge is -2.09. The molecule has 0 unspecified atom stereocenters. The number of anilines is 1. The number of hydrogen-bond acceptors (Lipinski definition) is 2. The summed E-state index contributed by atoms with van der Waals surface area (Å²) in [6, 6.07) is 4.66. The van der Waals surface area contributed by atoms with Crippen LogP contribution in [-0.4, -0.2) is 9.55 Å². The Morgan fingerprint density at radius 3 is 2.70 bits per heavy atom. The lowest BCUT2D eigenvalue weighted by atomic mass is 10.1. The van der Waals surface area contributed by atoms with E-state index in [2.05, 4.69) is 25.4 Å². The Morgan fingerprint density at radius 1 is 1.45 bits per heavy atom. The van der Waals surface area contributed by atoms with E-state index in [9.17, 15) is 4.39 Å². The lowest BCUT2D eigenvalue weighted by Crippen LogP contribution is -2.07. The van der Waals surface area contributed by atoms with Gasteiger partial charge in [0.15, 0.2) is 0 Å². The van der Waals surface area contributed by atoms with Gasteiger partial charge in [-0.05, 0) is 30.7 Å². The summed E-state index contributed by atoms with van der Waals surface area (Å²) in [6.07, 6.45) is 1.80. The SMILES string of the molecule is C=CCn1c(C(C)C)nc(-c2ccc(F)cc2C)c1N. The van der Waals surface area contributed by atoms with Crippen LogP contribution in [0.15, 0.2) is 30.9 Å². The summed E-state index contributed by atoms with van der Waals surface area (Å²) in [7, 11) is 0. The van der Waals surface area contributed by atoms with Gasteiger partial charge in [0.25, 0.3) is 0 Å². The molecule has 0 aliphatic rings. The molecule has 2 rings (SSSR count). The van der Waals surface area contributed by atoms with E-state index in [4.69, 9.17) is 5.73 Å². The second-order valence-corrected chi connectivity index (χ2v) is 5.22. The Balaban J connectivity index is 2.62. The van der Waals surface area contributed by atoms with Crippen molar-refractivity contribution in [2.45, 2.75) is 33.2 Å². The number of benzene rings is 1. The number of hydrogen-bond donors (Lipinski definition) is 1. The van der Waals surface area contributed by atoms with E-state index < -0.39 is 0 Å². The second-order valence-electron chi connectivity index (χ2n) is 5.22. The van der Waals surface area contributed by atoms with E-state index in [0.717, 1.165) is 17.0 Å². The summed E-state index contributed by atoms with van der Waals surface area (Å²) in [5, 5.41) is 0. The van der Waals surface area contributed by atoms with Crippen LogP contribution < -0.4 is 5.73 Å². The summed E-state index contributed by atoms with van der Waals surface area (Å²) in [5.74, 6) is 1.52. The topological polar surface area (TPSA) is 43.8 Å². The van der Waals surface area contributed by atoms with Gasteiger partial charge in [0.05, 0.1) is 0 Å². The Kier molecular flexibility index (Phi) is 3.93. The molecule has 4 heteroatoms. The van der Waals surface area contributed by atoms with Crippen molar-refractivity contribution in [1.29, 1.82) is 0 Å². The standard InChI is InChI=1S/C16H20FN3/c1-5-8-20-15(18)14(19-16(20)10(2)3)13-7-6-12(17)9-11(13)4/h5-7,9-10H,1,8,18H2,2-4H3. The molecule has 0 fully saturated rings. The van der Waals surface area contributed by atoms with Crippen LogP contribution in [0.4, 0.5) is 10.2 Å². The molecular weight excluding hydrogens is 253 g/mol. The van der Waals surface area contributed by atoms with Crippen LogP contribution in [0.1, 0.15) is 31.2 Å². The number of aromatic nitrogens is 2. The molecule has 0 aliphatic heterocycles. The van der Waals surface area contributed by atoms with E-state index in [1.807, 2.05) is 11.5 Å². The van der Waals surface area contributed by atoms with Gasteiger partial charge in [-0.2, -0.15) is 0 Å². The number of allylic oxidation sites excluding steroid dienone is 1. The summed E-state index contributed by atoms with van der Waals surface area (Å²) in [6.45, 7) is 10.4. The first-order valence-electron chi connectivity index (χ1n) is 6.69. The van der Waals surface area contributed by atoms with Gasteiger partial charge in [0.2, 0.25) is 0 Å². The monoisotopic (exact) mass is 273 g/mol.